The SMILES string of the molecule is COC(=O)c1ccc(F)c(NCc2ccc(O)cn2)c1. The number of aromatic nitrogens is 1. The standard InChI is InChI=1S/C14H13FN2O3/c1-20-14(19)9-2-5-12(15)13(6-9)17-7-10-3-4-11(18)8-16-10/h2-6,8,17-18H,7H2,1H3. The van der Waals surface area contributed by atoms with Crippen molar-refractivity contribution in [2.45, 2.75) is 6.54 Å². The van der Waals surface area contributed by atoms with Crippen LogP contribution in [0.5, 0.6) is 5.75 Å². The molecule has 0 spiro atoms. The molecule has 2 rings (SSSR count). The Morgan fingerprint density at radius 1 is 1.40 bits per heavy atom. The molecule has 1 aromatic heterocycles. The van der Waals surface area contributed by atoms with Gasteiger partial charge in [-0.15, -0.1) is 0 Å². The summed E-state index contributed by atoms with van der Waals surface area (Å²) in [5.74, 6) is -0.945. The van der Waals surface area contributed by atoms with Crippen LogP contribution < -0.4 is 5.32 Å². The molecule has 2 aromatic rings. The Labute approximate surface area is 115 Å². The molecule has 0 atom stereocenters. The van der Waals surface area contributed by atoms with Crippen LogP contribution in [-0.2, 0) is 11.3 Å². The number of methoxy groups -OCH3 is 1. The quantitative estimate of drug-likeness (QED) is 0.839. The van der Waals surface area contributed by atoms with Gasteiger partial charge in [-0.3, -0.25) is 4.98 Å². The van der Waals surface area contributed by atoms with Crippen molar-refractivity contribution in [1.29, 1.82) is 0 Å². The smallest absolute Gasteiger partial charge is 0.337 e. The molecular formula is C14H13FN2O3. The molecule has 0 unspecified atom stereocenters. The number of aromatic hydroxyl groups is 1. The number of benzene rings is 1. The van der Waals surface area contributed by atoms with Crippen molar-refractivity contribution < 1.29 is 19.0 Å². The first-order chi connectivity index (χ1) is 9.60. The molecule has 0 bridgehead atoms. The van der Waals surface area contributed by atoms with Crippen LogP contribution in [0.2, 0.25) is 0 Å². The van der Waals surface area contributed by atoms with E-state index in [0.29, 0.717) is 5.69 Å². The molecule has 1 heterocycles. The van der Waals surface area contributed by atoms with Crippen LogP contribution in [0.25, 0.3) is 0 Å². The molecule has 0 saturated carbocycles. The predicted molar refractivity (Wildman–Crippen MR) is 71.0 cm³/mol. The van der Waals surface area contributed by atoms with E-state index >= 15 is 0 Å². The number of esters is 1. The van der Waals surface area contributed by atoms with Gasteiger partial charge in [0.05, 0.1) is 36.8 Å². The number of hydrogen-bond donors (Lipinski definition) is 2. The highest BCUT2D eigenvalue weighted by Crippen LogP contribution is 2.18. The van der Waals surface area contributed by atoms with Gasteiger partial charge in [0.1, 0.15) is 11.6 Å². The van der Waals surface area contributed by atoms with Crippen molar-refractivity contribution in [1.82, 2.24) is 4.98 Å². The Morgan fingerprint density at radius 2 is 2.20 bits per heavy atom. The summed E-state index contributed by atoms with van der Waals surface area (Å²) in [7, 11) is 1.26. The molecule has 6 heteroatoms. The van der Waals surface area contributed by atoms with E-state index in [0.717, 1.165) is 0 Å². The van der Waals surface area contributed by atoms with Crippen molar-refractivity contribution in [2.24, 2.45) is 0 Å². The van der Waals surface area contributed by atoms with Crippen molar-refractivity contribution in [3.05, 3.63) is 53.6 Å². The molecule has 0 aliphatic rings. The van der Waals surface area contributed by atoms with E-state index in [2.05, 4.69) is 15.0 Å². The van der Waals surface area contributed by atoms with E-state index in [1.807, 2.05) is 0 Å². The van der Waals surface area contributed by atoms with Gasteiger partial charge in [0.2, 0.25) is 0 Å². The van der Waals surface area contributed by atoms with Gasteiger partial charge in [-0.1, -0.05) is 0 Å². The van der Waals surface area contributed by atoms with Gasteiger partial charge < -0.3 is 15.2 Å². The van der Waals surface area contributed by atoms with E-state index in [4.69, 9.17) is 5.11 Å². The lowest BCUT2D eigenvalue weighted by Crippen LogP contribution is -2.06. The number of rotatable bonds is 4. The van der Waals surface area contributed by atoms with Crippen LogP contribution in [0.3, 0.4) is 0 Å². The number of carbonyl (C=O) groups excluding carboxylic acids is 1. The normalized spacial score (nSPS) is 10.1. The van der Waals surface area contributed by atoms with Crippen LogP contribution >= 0.6 is 0 Å². The lowest BCUT2D eigenvalue weighted by atomic mass is 10.2. The maximum Gasteiger partial charge on any atom is 0.337 e. The Bertz CT molecular complexity index is 614. The van der Waals surface area contributed by atoms with E-state index in [1.54, 1.807) is 6.07 Å². The maximum atomic E-state index is 13.6. The van der Waals surface area contributed by atoms with Gasteiger partial charge in [0.15, 0.2) is 0 Å². The third-order valence-electron chi connectivity index (χ3n) is 2.66. The van der Waals surface area contributed by atoms with Crippen molar-refractivity contribution >= 4 is 11.7 Å². The van der Waals surface area contributed by atoms with Crippen molar-refractivity contribution in [2.75, 3.05) is 12.4 Å². The second kappa shape index (κ2) is 6.01. The van der Waals surface area contributed by atoms with E-state index in [-0.39, 0.29) is 23.5 Å². The lowest BCUT2D eigenvalue weighted by Gasteiger charge is -2.08. The average molecular weight is 276 g/mol. The second-order valence-electron chi connectivity index (χ2n) is 4.05. The third-order valence-corrected chi connectivity index (χ3v) is 2.66. The fourth-order valence-electron chi connectivity index (χ4n) is 1.61. The predicted octanol–water partition coefficient (Wildman–Crippen LogP) is 2.33. The Hall–Kier alpha value is -2.63. The number of nitrogens with zero attached hydrogens (tertiary/aromatic N) is 1. The molecule has 0 radical (unpaired) electrons. The third kappa shape index (κ3) is 3.23. The second-order valence-corrected chi connectivity index (χ2v) is 4.05. The summed E-state index contributed by atoms with van der Waals surface area (Å²) >= 11 is 0. The number of nitrogens with one attached hydrogen (secondary N) is 1. The number of halogens is 1. The van der Waals surface area contributed by atoms with Gasteiger partial charge in [-0.2, -0.15) is 0 Å². The van der Waals surface area contributed by atoms with Crippen LogP contribution in [0.4, 0.5) is 10.1 Å². The molecule has 0 aliphatic heterocycles. The summed E-state index contributed by atoms with van der Waals surface area (Å²) in [4.78, 5) is 15.3. The largest absolute Gasteiger partial charge is 0.506 e. The van der Waals surface area contributed by atoms with Crippen molar-refractivity contribution in [3.63, 3.8) is 0 Å². The molecule has 1 aromatic carbocycles. The van der Waals surface area contributed by atoms with Crippen LogP contribution in [0.15, 0.2) is 36.5 Å². The van der Waals surface area contributed by atoms with Gasteiger partial charge >= 0.3 is 5.97 Å². The highest BCUT2D eigenvalue weighted by atomic mass is 19.1. The Morgan fingerprint density at radius 3 is 2.85 bits per heavy atom. The summed E-state index contributed by atoms with van der Waals surface area (Å²) in [5, 5.41) is 12.0. The van der Waals surface area contributed by atoms with E-state index in [1.165, 1.54) is 37.6 Å². The first-order valence-corrected chi connectivity index (χ1v) is 5.86. The van der Waals surface area contributed by atoms with Crippen LogP contribution in [-0.4, -0.2) is 23.2 Å². The summed E-state index contributed by atoms with van der Waals surface area (Å²) in [6, 6.07) is 7.03. The number of carbonyl (C=O) groups is 1. The molecule has 0 fully saturated rings. The van der Waals surface area contributed by atoms with Gasteiger partial charge in [-0.25, -0.2) is 9.18 Å². The number of ether oxygens (including phenoxy) is 1. The Balaban J connectivity index is 2.12. The monoisotopic (exact) mass is 276 g/mol. The summed E-state index contributed by atoms with van der Waals surface area (Å²) in [6.07, 6.45) is 1.30. The fraction of sp³-hybridized carbons (Fsp3) is 0.143. The summed E-state index contributed by atoms with van der Waals surface area (Å²) < 4.78 is 18.2. The highest BCUT2D eigenvalue weighted by molar-refractivity contribution is 5.90. The first kappa shape index (κ1) is 13.8. The molecular weight excluding hydrogens is 263 g/mol. The summed E-state index contributed by atoms with van der Waals surface area (Å²) in [6.45, 7) is 0.266. The van der Waals surface area contributed by atoms with Gasteiger partial charge in [0.25, 0.3) is 0 Å². The van der Waals surface area contributed by atoms with E-state index in [9.17, 15) is 9.18 Å². The Kier molecular flexibility index (Phi) is 4.14. The summed E-state index contributed by atoms with van der Waals surface area (Å²) in [5.41, 5.74) is 1.07. The fourth-order valence-corrected chi connectivity index (χ4v) is 1.61. The molecule has 104 valence electrons. The van der Waals surface area contributed by atoms with Crippen molar-refractivity contribution in [3.8, 4) is 5.75 Å². The lowest BCUT2D eigenvalue weighted by molar-refractivity contribution is 0.0600. The van der Waals surface area contributed by atoms with Crippen LogP contribution in [0, 0.1) is 5.82 Å². The molecule has 20 heavy (non-hydrogen) atoms. The zero-order valence-electron chi connectivity index (χ0n) is 10.8. The topological polar surface area (TPSA) is 71.5 Å². The maximum absolute atomic E-state index is 13.6. The number of anilines is 1. The highest BCUT2D eigenvalue weighted by Gasteiger charge is 2.09. The first-order valence-electron chi connectivity index (χ1n) is 5.86. The zero-order valence-corrected chi connectivity index (χ0v) is 10.8. The minimum absolute atomic E-state index is 0.0626. The molecule has 0 saturated heterocycles. The zero-order chi connectivity index (χ0) is 14.5. The molecule has 2 N–H and O–H groups in total. The van der Waals surface area contributed by atoms with Gasteiger partial charge in [0, 0.05) is 0 Å². The number of hydrogen-bond acceptors (Lipinski definition) is 5. The molecule has 0 aliphatic carbocycles. The average Bonchev–Trinajstić information content (AvgIpc) is 2.47. The minimum Gasteiger partial charge on any atom is -0.506 e. The van der Waals surface area contributed by atoms with Crippen LogP contribution in [0.1, 0.15) is 16.1 Å². The molecule has 5 nitrogen and oxygen atoms in total. The van der Waals surface area contributed by atoms with Gasteiger partial charge in [-0.05, 0) is 30.3 Å². The molecule has 0 amide bonds. The number of pyridine rings is 1. The van der Waals surface area contributed by atoms with E-state index < -0.39 is 11.8 Å². The minimum atomic E-state index is -0.532.